The Morgan fingerprint density at radius 1 is 0.977 bits per heavy atom. The molecule has 4 aromatic rings. The van der Waals surface area contributed by atoms with Gasteiger partial charge in [-0.2, -0.15) is 5.10 Å². The minimum Gasteiger partial charge on any atom is -0.486 e. The van der Waals surface area contributed by atoms with Gasteiger partial charge >= 0.3 is 0 Å². The number of carbonyl (C=O) groups is 3. The molecule has 0 radical (unpaired) electrons. The fourth-order valence-electron chi connectivity index (χ4n) is 5.37. The van der Waals surface area contributed by atoms with E-state index in [2.05, 4.69) is 15.7 Å². The maximum Gasteiger partial charge on any atom is 0.258 e. The summed E-state index contributed by atoms with van der Waals surface area (Å²) >= 11 is 0. The van der Waals surface area contributed by atoms with Crippen molar-refractivity contribution in [1.82, 2.24) is 25.3 Å². The molecule has 7 rings (SSSR count). The minimum atomic E-state index is -0.671. The van der Waals surface area contributed by atoms with Crippen molar-refractivity contribution in [2.75, 3.05) is 19.7 Å². The van der Waals surface area contributed by atoms with Gasteiger partial charge in [0.05, 0.1) is 18.2 Å². The molecular weight excluding hydrogens is 565 g/mol. The van der Waals surface area contributed by atoms with E-state index < -0.39 is 23.9 Å². The van der Waals surface area contributed by atoms with Crippen molar-refractivity contribution in [3.8, 4) is 22.6 Å². The van der Waals surface area contributed by atoms with Crippen molar-refractivity contribution >= 4 is 17.7 Å². The van der Waals surface area contributed by atoms with Crippen LogP contribution < -0.4 is 20.1 Å². The van der Waals surface area contributed by atoms with Crippen LogP contribution in [0.4, 0.5) is 4.39 Å². The topological polar surface area (TPSA) is 115 Å². The average molecular weight is 598 g/mol. The van der Waals surface area contributed by atoms with E-state index in [1.165, 1.54) is 12.1 Å². The summed E-state index contributed by atoms with van der Waals surface area (Å²) in [7, 11) is 0. The number of halogens is 1. The number of aromatic nitrogens is 2. The van der Waals surface area contributed by atoms with Gasteiger partial charge in [0, 0.05) is 38.4 Å². The standard InChI is InChI=1S/C33H32FN5O5/c34-28-12-9-24-17-27(28)33(42)37-29-19-38(32(41)6-2-14-39-15-3-13-36-39)20-30(29)44-25-10-7-22(8-11-25)18-35-31(40)21-43-26-5-1-4-23(24)16-26/h1,3-5,7-13,15-17,29-30H,2,6,14,18-21H2,(H,35,40)(H,37,42)/t29-,30-/m0/s1. The fourth-order valence-corrected chi connectivity index (χ4v) is 5.37. The molecule has 1 aromatic heterocycles. The molecule has 44 heavy (non-hydrogen) atoms. The predicted molar refractivity (Wildman–Crippen MR) is 159 cm³/mol. The molecule has 3 aliphatic heterocycles. The van der Waals surface area contributed by atoms with Crippen LogP contribution in [0.25, 0.3) is 11.1 Å². The van der Waals surface area contributed by atoms with Crippen LogP contribution in [0.5, 0.6) is 11.5 Å². The number of amides is 3. The number of hydrogen-bond donors (Lipinski definition) is 2. The van der Waals surface area contributed by atoms with Crippen molar-refractivity contribution in [3.63, 3.8) is 0 Å². The van der Waals surface area contributed by atoms with E-state index in [-0.39, 0.29) is 37.1 Å². The van der Waals surface area contributed by atoms with E-state index in [0.29, 0.717) is 48.6 Å². The van der Waals surface area contributed by atoms with Crippen LogP contribution in [0.1, 0.15) is 28.8 Å². The number of nitrogens with zero attached hydrogens (tertiary/aromatic N) is 3. The highest BCUT2D eigenvalue weighted by molar-refractivity contribution is 5.96. The summed E-state index contributed by atoms with van der Waals surface area (Å²) in [6.45, 7) is 1.23. The smallest absolute Gasteiger partial charge is 0.258 e. The van der Waals surface area contributed by atoms with E-state index in [4.69, 9.17) is 9.47 Å². The first-order valence-corrected chi connectivity index (χ1v) is 14.5. The van der Waals surface area contributed by atoms with Gasteiger partial charge in [0.2, 0.25) is 5.91 Å². The second-order valence-electron chi connectivity index (χ2n) is 10.8. The highest BCUT2D eigenvalue weighted by Crippen LogP contribution is 2.27. The third kappa shape index (κ3) is 6.88. The van der Waals surface area contributed by atoms with Crippen molar-refractivity contribution in [2.24, 2.45) is 0 Å². The minimum absolute atomic E-state index is 0.0607. The lowest BCUT2D eigenvalue weighted by Crippen LogP contribution is -2.45. The van der Waals surface area contributed by atoms with Crippen molar-refractivity contribution in [3.05, 3.63) is 102 Å². The Kier molecular flexibility index (Phi) is 8.53. The number of aryl methyl sites for hydroxylation is 1. The van der Waals surface area contributed by atoms with Gasteiger partial charge in [0.1, 0.15) is 23.4 Å². The molecule has 2 N–H and O–H groups in total. The fraction of sp³-hybridized carbons (Fsp3) is 0.273. The molecule has 0 unspecified atom stereocenters. The highest BCUT2D eigenvalue weighted by Gasteiger charge is 2.38. The van der Waals surface area contributed by atoms with E-state index >= 15 is 4.39 Å². The second kappa shape index (κ2) is 13.0. The molecule has 0 spiro atoms. The molecule has 0 aliphatic carbocycles. The zero-order valence-corrected chi connectivity index (χ0v) is 23.9. The van der Waals surface area contributed by atoms with Crippen molar-refractivity contribution < 1.29 is 28.2 Å². The molecule has 226 valence electrons. The Labute approximate surface area is 253 Å². The third-order valence-electron chi connectivity index (χ3n) is 7.72. The Hall–Kier alpha value is -5.19. The van der Waals surface area contributed by atoms with Crippen LogP contribution >= 0.6 is 0 Å². The van der Waals surface area contributed by atoms with Gasteiger partial charge in [-0.1, -0.05) is 30.3 Å². The molecule has 1 fully saturated rings. The number of fused-ring (bicyclic) bond motifs is 7. The monoisotopic (exact) mass is 597 g/mol. The van der Waals surface area contributed by atoms with E-state index in [1.807, 2.05) is 30.5 Å². The highest BCUT2D eigenvalue weighted by atomic mass is 19.1. The van der Waals surface area contributed by atoms with Crippen LogP contribution in [0.3, 0.4) is 0 Å². The number of benzene rings is 3. The number of hydrogen-bond acceptors (Lipinski definition) is 6. The SMILES string of the molecule is O=C1COc2cccc(c2)-c2ccc(F)c(c2)C(=O)N[C@H]2CN(C(=O)CCCn3cccn3)C[C@@H]2Oc2ccc(cc2)CN1. The summed E-state index contributed by atoms with van der Waals surface area (Å²) in [5.74, 6) is -0.614. The summed E-state index contributed by atoms with van der Waals surface area (Å²) in [4.78, 5) is 40.8. The van der Waals surface area contributed by atoms with Gasteiger partial charge in [-0.3, -0.25) is 19.1 Å². The van der Waals surface area contributed by atoms with Gasteiger partial charge in [-0.15, -0.1) is 0 Å². The Morgan fingerprint density at radius 3 is 2.64 bits per heavy atom. The van der Waals surface area contributed by atoms with Crippen molar-refractivity contribution in [1.29, 1.82) is 0 Å². The molecule has 0 saturated carbocycles. The molecule has 3 aromatic carbocycles. The number of ether oxygens (including phenoxy) is 2. The lowest BCUT2D eigenvalue weighted by molar-refractivity contribution is -0.130. The van der Waals surface area contributed by atoms with E-state index in [0.717, 1.165) is 5.56 Å². The Bertz CT molecular complexity index is 1640. The maximum absolute atomic E-state index is 15.0. The van der Waals surface area contributed by atoms with Gasteiger partial charge < -0.3 is 25.0 Å². The lowest BCUT2D eigenvalue weighted by Gasteiger charge is -2.21. The second-order valence-corrected chi connectivity index (χ2v) is 10.8. The van der Waals surface area contributed by atoms with Gasteiger partial charge in [-0.05, 0) is 65.6 Å². The number of carbonyl (C=O) groups excluding carboxylic acids is 3. The normalized spacial score (nSPS) is 18.4. The molecular formula is C33H32FN5O5. The summed E-state index contributed by atoms with van der Waals surface area (Å²) in [6.07, 6.45) is 3.90. The summed E-state index contributed by atoms with van der Waals surface area (Å²) in [5.41, 5.74) is 2.03. The van der Waals surface area contributed by atoms with Crippen LogP contribution in [-0.4, -0.2) is 64.2 Å². The van der Waals surface area contributed by atoms with Crippen LogP contribution in [-0.2, 0) is 22.7 Å². The molecule has 1 saturated heterocycles. The molecule has 10 nitrogen and oxygen atoms in total. The van der Waals surface area contributed by atoms with Crippen molar-refractivity contribution in [2.45, 2.75) is 38.1 Å². The molecule has 2 atom stereocenters. The molecule has 4 heterocycles. The summed E-state index contributed by atoms with van der Waals surface area (Å²) < 4.78 is 28.8. The van der Waals surface area contributed by atoms with Crippen LogP contribution in [0.2, 0.25) is 0 Å². The maximum atomic E-state index is 15.0. The number of rotatable bonds is 4. The summed E-state index contributed by atoms with van der Waals surface area (Å²) in [6, 6.07) is 19.8. The van der Waals surface area contributed by atoms with Gasteiger partial charge in [0.25, 0.3) is 11.8 Å². The van der Waals surface area contributed by atoms with Crippen LogP contribution in [0, 0.1) is 5.82 Å². The quantitative estimate of drug-likeness (QED) is 0.372. The van der Waals surface area contributed by atoms with E-state index in [9.17, 15) is 14.4 Å². The largest absolute Gasteiger partial charge is 0.486 e. The molecule has 3 amide bonds. The van der Waals surface area contributed by atoms with Gasteiger partial charge in [0.15, 0.2) is 6.61 Å². The first kappa shape index (κ1) is 28.9. The van der Waals surface area contributed by atoms with Gasteiger partial charge in [-0.25, -0.2) is 4.39 Å². The average Bonchev–Trinajstić information content (AvgIpc) is 3.70. The predicted octanol–water partition coefficient (Wildman–Crippen LogP) is 3.57. The zero-order chi connectivity index (χ0) is 30.5. The van der Waals surface area contributed by atoms with E-state index in [1.54, 1.807) is 52.2 Å². The Morgan fingerprint density at radius 2 is 1.82 bits per heavy atom. The Balaban J connectivity index is 1.26. The first-order chi connectivity index (χ1) is 21.4. The van der Waals surface area contributed by atoms with Crippen LogP contribution in [0.15, 0.2) is 85.2 Å². The zero-order valence-electron chi connectivity index (χ0n) is 23.9. The molecule has 6 bridgehead atoms. The summed E-state index contributed by atoms with van der Waals surface area (Å²) in [5, 5.41) is 9.95. The first-order valence-electron chi connectivity index (χ1n) is 14.5. The third-order valence-corrected chi connectivity index (χ3v) is 7.72. The molecule has 3 aliphatic rings. The molecule has 11 heteroatoms. The number of likely N-dealkylation sites (tertiary alicyclic amines) is 1. The number of nitrogens with one attached hydrogen (secondary N) is 2. The lowest BCUT2D eigenvalue weighted by atomic mass is 10.0.